The summed E-state index contributed by atoms with van der Waals surface area (Å²) in [5.41, 5.74) is 2.22. The molecule has 1 aromatic heterocycles. The number of rotatable bonds is 6. The quantitative estimate of drug-likeness (QED) is 0.616. The Morgan fingerprint density at radius 2 is 1.78 bits per heavy atom. The molecule has 0 bridgehead atoms. The van der Waals surface area contributed by atoms with Crippen molar-refractivity contribution in [1.29, 1.82) is 0 Å². The molecule has 140 valence electrons. The van der Waals surface area contributed by atoms with Gasteiger partial charge in [-0.15, -0.1) is 0 Å². The first-order valence-electron chi connectivity index (χ1n) is 8.49. The molecule has 5 nitrogen and oxygen atoms in total. The molecule has 6 heteroatoms. The average molecular weight is 369 g/mol. The van der Waals surface area contributed by atoms with Crippen molar-refractivity contribution >= 4 is 0 Å². The van der Waals surface area contributed by atoms with Gasteiger partial charge in [0.25, 0.3) is 0 Å². The molecule has 3 aromatic rings. The van der Waals surface area contributed by atoms with Gasteiger partial charge in [0, 0.05) is 11.1 Å². The molecule has 3 rings (SSSR count). The van der Waals surface area contributed by atoms with Crippen molar-refractivity contribution in [3.8, 4) is 22.8 Å². The predicted molar refractivity (Wildman–Crippen MR) is 98.8 cm³/mol. The summed E-state index contributed by atoms with van der Waals surface area (Å²) in [5.74, 6) is 0.466. The minimum Gasteiger partial charge on any atom is -0.457 e. The van der Waals surface area contributed by atoms with Gasteiger partial charge >= 0.3 is 0 Å². The van der Waals surface area contributed by atoms with Crippen LogP contribution in [0.3, 0.4) is 0 Å². The van der Waals surface area contributed by atoms with Gasteiger partial charge in [-0.3, -0.25) is 0 Å². The van der Waals surface area contributed by atoms with Crippen LogP contribution in [0.25, 0.3) is 11.3 Å². The van der Waals surface area contributed by atoms with Crippen molar-refractivity contribution in [1.82, 2.24) is 4.98 Å². The molecule has 0 aliphatic rings. The number of hydrogen-bond donors (Lipinski definition) is 3. The van der Waals surface area contributed by atoms with Crippen molar-refractivity contribution in [2.45, 2.75) is 19.1 Å². The number of pyridine rings is 1. The Morgan fingerprint density at radius 3 is 2.44 bits per heavy atom. The summed E-state index contributed by atoms with van der Waals surface area (Å²) in [6, 6.07) is 16.3. The van der Waals surface area contributed by atoms with Gasteiger partial charge in [0.2, 0.25) is 0 Å². The highest BCUT2D eigenvalue weighted by Crippen LogP contribution is 2.31. The van der Waals surface area contributed by atoms with Crippen molar-refractivity contribution in [2.24, 2.45) is 0 Å². The monoisotopic (exact) mass is 369 g/mol. The lowest BCUT2D eigenvalue weighted by atomic mass is 10.1. The van der Waals surface area contributed by atoms with E-state index in [1.54, 1.807) is 49.4 Å². The van der Waals surface area contributed by atoms with Gasteiger partial charge in [0.1, 0.15) is 23.4 Å². The zero-order chi connectivity index (χ0) is 19.4. The standard InChI is InChI=1S/C21H20FNO4/c1-13(25)17-11-15(22)7-10-21(17)27-16-8-5-14(6-9-16)18-3-2-4-19(23-18)20(26)12-24/h2-11,13,20,24-26H,12H2,1H3. The Labute approximate surface area is 156 Å². The number of aromatic nitrogens is 1. The smallest absolute Gasteiger partial charge is 0.133 e. The first kappa shape index (κ1) is 19.0. The van der Waals surface area contributed by atoms with Gasteiger partial charge in [-0.05, 0) is 61.5 Å². The lowest BCUT2D eigenvalue weighted by Crippen LogP contribution is -2.05. The molecule has 2 atom stereocenters. The summed E-state index contributed by atoms with van der Waals surface area (Å²) >= 11 is 0. The maximum atomic E-state index is 13.4. The minimum atomic E-state index is -1.02. The highest BCUT2D eigenvalue weighted by Gasteiger charge is 2.12. The van der Waals surface area contributed by atoms with Crippen LogP contribution >= 0.6 is 0 Å². The van der Waals surface area contributed by atoms with Crippen LogP contribution in [0, 0.1) is 5.82 Å². The van der Waals surface area contributed by atoms with Crippen LogP contribution in [0.4, 0.5) is 4.39 Å². The third-order valence-electron chi connectivity index (χ3n) is 4.08. The molecular weight excluding hydrogens is 349 g/mol. The lowest BCUT2D eigenvalue weighted by molar-refractivity contribution is 0.0923. The molecule has 0 aliphatic heterocycles. The van der Waals surface area contributed by atoms with E-state index in [0.29, 0.717) is 28.5 Å². The number of halogens is 1. The van der Waals surface area contributed by atoms with Crippen molar-refractivity contribution < 1.29 is 24.4 Å². The second-order valence-electron chi connectivity index (χ2n) is 6.13. The van der Waals surface area contributed by atoms with Crippen molar-refractivity contribution in [3.63, 3.8) is 0 Å². The van der Waals surface area contributed by atoms with Crippen LogP contribution < -0.4 is 4.74 Å². The number of aliphatic hydroxyl groups is 3. The number of hydrogen-bond acceptors (Lipinski definition) is 5. The number of benzene rings is 2. The third kappa shape index (κ3) is 4.49. The van der Waals surface area contributed by atoms with E-state index in [4.69, 9.17) is 9.84 Å². The zero-order valence-electron chi connectivity index (χ0n) is 14.7. The van der Waals surface area contributed by atoms with Gasteiger partial charge in [-0.25, -0.2) is 9.37 Å². The maximum absolute atomic E-state index is 13.4. The van der Waals surface area contributed by atoms with Crippen LogP contribution in [0.1, 0.15) is 30.4 Å². The van der Waals surface area contributed by atoms with E-state index < -0.39 is 24.6 Å². The average Bonchev–Trinajstić information content (AvgIpc) is 2.69. The van der Waals surface area contributed by atoms with E-state index in [-0.39, 0.29) is 0 Å². The van der Waals surface area contributed by atoms with Gasteiger partial charge in [0.05, 0.1) is 24.1 Å². The van der Waals surface area contributed by atoms with E-state index in [0.717, 1.165) is 5.56 Å². The van der Waals surface area contributed by atoms with Crippen molar-refractivity contribution in [3.05, 3.63) is 77.7 Å². The van der Waals surface area contributed by atoms with Crippen LogP contribution in [-0.4, -0.2) is 26.9 Å². The van der Waals surface area contributed by atoms with E-state index in [1.807, 2.05) is 0 Å². The van der Waals surface area contributed by atoms with Crippen molar-refractivity contribution in [2.75, 3.05) is 6.61 Å². The van der Waals surface area contributed by atoms with E-state index >= 15 is 0 Å². The molecule has 0 fully saturated rings. The fraction of sp³-hybridized carbons (Fsp3) is 0.190. The Balaban J connectivity index is 1.83. The summed E-state index contributed by atoms with van der Waals surface area (Å²) in [4.78, 5) is 4.35. The Morgan fingerprint density at radius 1 is 1.04 bits per heavy atom. The van der Waals surface area contributed by atoms with Gasteiger partial charge < -0.3 is 20.1 Å². The molecule has 2 unspecified atom stereocenters. The molecular formula is C21H20FNO4. The van der Waals surface area contributed by atoms with E-state index in [9.17, 15) is 14.6 Å². The summed E-state index contributed by atoms with van der Waals surface area (Å²) in [6.45, 7) is 1.15. The van der Waals surface area contributed by atoms with E-state index in [2.05, 4.69) is 4.98 Å². The number of aliphatic hydroxyl groups excluding tert-OH is 3. The second-order valence-corrected chi connectivity index (χ2v) is 6.13. The third-order valence-corrected chi connectivity index (χ3v) is 4.08. The molecule has 0 saturated carbocycles. The van der Waals surface area contributed by atoms with Crippen LogP contribution in [0.15, 0.2) is 60.7 Å². The highest BCUT2D eigenvalue weighted by molar-refractivity contribution is 5.60. The first-order chi connectivity index (χ1) is 13.0. The Hall–Kier alpha value is -2.80. The molecule has 27 heavy (non-hydrogen) atoms. The van der Waals surface area contributed by atoms with Gasteiger partial charge in [-0.1, -0.05) is 6.07 Å². The summed E-state index contributed by atoms with van der Waals surface area (Å²) in [6.07, 6.45) is -1.88. The fourth-order valence-electron chi connectivity index (χ4n) is 2.65. The largest absolute Gasteiger partial charge is 0.457 e. The second kappa shape index (κ2) is 8.26. The highest BCUT2D eigenvalue weighted by atomic mass is 19.1. The molecule has 2 aromatic carbocycles. The summed E-state index contributed by atoms with van der Waals surface area (Å²) in [7, 11) is 0. The molecule has 1 heterocycles. The maximum Gasteiger partial charge on any atom is 0.133 e. The molecule has 0 radical (unpaired) electrons. The molecule has 0 saturated heterocycles. The zero-order valence-corrected chi connectivity index (χ0v) is 14.7. The number of ether oxygens (including phenoxy) is 1. The number of nitrogens with zero attached hydrogens (tertiary/aromatic N) is 1. The first-order valence-corrected chi connectivity index (χ1v) is 8.49. The topological polar surface area (TPSA) is 82.8 Å². The summed E-state index contributed by atoms with van der Waals surface area (Å²) in [5, 5.41) is 28.6. The minimum absolute atomic E-state index is 0.367. The molecule has 3 N–H and O–H groups in total. The van der Waals surface area contributed by atoms with Crippen LogP contribution in [0.5, 0.6) is 11.5 Å². The van der Waals surface area contributed by atoms with Gasteiger partial charge in [-0.2, -0.15) is 0 Å². The normalized spacial score (nSPS) is 13.2. The van der Waals surface area contributed by atoms with Crippen LogP contribution in [0.2, 0.25) is 0 Å². The SMILES string of the molecule is CC(O)c1cc(F)ccc1Oc1ccc(-c2cccc(C(O)CO)n2)cc1. The van der Waals surface area contributed by atoms with E-state index in [1.165, 1.54) is 18.2 Å². The van der Waals surface area contributed by atoms with Crippen LogP contribution in [-0.2, 0) is 0 Å². The predicted octanol–water partition coefficient (Wildman–Crippen LogP) is 3.76. The molecule has 0 aliphatic carbocycles. The summed E-state index contributed by atoms with van der Waals surface area (Å²) < 4.78 is 19.2. The Kier molecular flexibility index (Phi) is 5.81. The molecule has 0 amide bonds. The molecule has 0 spiro atoms. The Bertz CT molecular complexity index is 912. The van der Waals surface area contributed by atoms with Gasteiger partial charge in [0.15, 0.2) is 0 Å². The fourth-order valence-corrected chi connectivity index (χ4v) is 2.65. The lowest BCUT2D eigenvalue weighted by Gasteiger charge is -2.14.